The molecule has 1 aromatic rings. The summed E-state index contributed by atoms with van der Waals surface area (Å²) >= 11 is 1.46. The summed E-state index contributed by atoms with van der Waals surface area (Å²) in [6.45, 7) is 4.37. The number of aromatic amines is 1. The molecule has 1 rings (SSSR count). The highest BCUT2D eigenvalue weighted by molar-refractivity contribution is 7.99. The number of rotatable bonds is 7. The summed E-state index contributed by atoms with van der Waals surface area (Å²) in [7, 11) is 0. The SMILES string of the molecule is CCNC(CCSc1n[nH]c(C)n1)C(=O)O. The lowest BCUT2D eigenvalue weighted by molar-refractivity contribution is -0.139. The molecular weight excluding hydrogens is 228 g/mol. The minimum atomic E-state index is -0.811. The number of hydrogen-bond acceptors (Lipinski definition) is 5. The number of nitrogens with zero attached hydrogens (tertiary/aromatic N) is 2. The van der Waals surface area contributed by atoms with Crippen LogP contribution in [0.25, 0.3) is 0 Å². The van der Waals surface area contributed by atoms with Crippen molar-refractivity contribution in [2.75, 3.05) is 12.3 Å². The van der Waals surface area contributed by atoms with Gasteiger partial charge in [0.25, 0.3) is 0 Å². The second kappa shape index (κ2) is 6.49. The average molecular weight is 244 g/mol. The fourth-order valence-electron chi connectivity index (χ4n) is 1.21. The van der Waals surface area contributed by atoms with Crippen molar-refractivity contribution in [1.82, 2.24) is 20.5 Å². The molecular formula is C9H16N4O2S. The number of carboxylic acid groups (broad SMARTS) is 1. The fraction of sp³-hybridized carbons (Fsp3) is 0.667. The Kier molecular flexibility index (Phi) is 5.27. The molecule has 6 nitrogen and oxygen atoms in total. The molecule has 1 atom stereocenters. The zero-order valence-corrected chi connectivity index (χ0v) is 10.2. The summed E-state index contributed by atoms with van der Waals surface area (Å²) in [5, 5.41) is 19.2. The van der Waals surface area contributed by atoms with Gasteiger partial charge in [0.2, 0.25) is 5.16 Å². The predicted molar refractivity (Wildman–Crippen MR) is 61.6 cm³/mol. The lowest BCUT2D eigenvalue weighted by Crippen LogP contribution is -2.36. The number of aliphatic carboxylic acids is 1. The van der Waals surface area contributed by atoms with Gasteiger partial charge in [-0.2, -0.15) is 0 Å². The Labute approximate surface area is 98.2 Å². The van der Waals surface area contributed by atoms with Crippen LogP contribution < -0.4 is 5.32 Å². The van der Waals surface area contributed by atoms with Gasteiger partial charge >= 0.3 is 5.97 Å². The summed E-state index contributed by atoms with van der Waals surface area (Å²) < 4.78 is 0. The number of H-pyrrole nitrogens is 1. The second-order valence-electron chi connectivity index (χ2n) is 3.29. The molecule has 0 bridgehead atoms. The van der Waals surface area contributed by atoms with Gasteiger partial charge in [0.15, 0.2) is 0 Å². The van der Waals surface area contributed by atoms with E-state index in [1.54, 1.807) is 0 Å². The second-order valence-corrected chi connectivity index (χ2v) is 4.35. The van der Waals surface area contributed by atoms with Gasteiger partial charge in [0, 0.05) is 5.75 Å². The third kappa shape index (κ3) is 4.19. The standard InChI is InChI=1S/C9H16N4O2S/c1-3-10-7(8(14)15)4-5-16-9-11-6(2)12-13-9/h7,10H,3-5H2,1-2H3,(H,14,15)(H,11,12,13). The summed E-state index contributed by atoms with van der Waals surface area (Å²) in [5.74, 6) is 0.638. The summed E-state index contributed by atoms with van der Waals surface area (Å²) in [5.41, 5.74) is 0. The van der Waals surface area contributed by atoms with E-state index in [1.807, 2.05) is 13.8 Å². The Bertz CT molecular complexity index is 342. The van der Waals surface area contributed by atoms with Crippen molar-refractivity contribution in [3.05, 3.63) is 5.82 Å². The van der Waals surface area contributed by atoms with Crippen molar-refractivity contribution in [1.29, 1.82) is 0 Å². The van der Waals surface area contributed by atoms with Crippen molar-refractivity contribution in [3.63, 3.8) is 0 Å². The molecule has 0 radical (unpaired) electrons. The molecule has 1 heterocycles. The van der Waals surface area contributed by atoms with E-state index in [2.05, 4.69) is 20.5 Å². The highest BCUT2D eigenvalue weighted by Gasteiger charge is 2.15. The normalized spacial score (nSPS) is 12.6. The molecule has 0 spiro atoms. The number of aromatic nitrogens is 3. The van der Waals surface area contributed by atoms with Crippen LogP contribution in [0.1, 0.15) is 19.2 Å². The first-order valence-electron chi connectivity index (χ1n) is 5.11. The highest BCUT2D eigenvalue weighted by Crippen LogP contribution is 2.14. The van der Waals surface area contributed by atoms with Crippen LogP contribution in [0, 0.1) is 6.92 Å². The molecule has 16 heavy (non-hydrogen) atoms. The number of carboxylic acids is 1. The van der Waals surface area contributed by atoms with Crippen molar-refractivity contribution >= 4 is 17.7 Å². The van der Waals surface area contributed by atoms with Crippen LogP contribution >= 0.6 is 11.8 Å². The van der Waals surface area contributed by atoms with Gasteiger partial charge in [0.1, 0.15) is 11.9 Å². The maximum atomic E-state index is 10.8. The van der Waals surface area contributed by atoms with Crippen LogP contribution in [0.3, 0.4) is 0 Å². The zero-order valence-electron chi connectivity index (χ0n) is 9.36. The number of thioether (sulfide) groups is 1. The first-order valence-corrected chi connectivity index (χ1v) is 6.10. The minimum absolute atomic E-state index is 0.488. The maximum absolute atomic E-state index is 10.8. The quantitative estimate of drug-likeness (QED) is 0.610. The van der Waals surface area contributed by atoms with Crippen molar-refractivity contribution < 1.29 is 9.90 Å². The van der Waals surface area contributed by atoms with Crippen LogP contribution in [-0.4, -0.2) is 44.6 Å². The first-order chi connectivity index (χ1) is 7.63. The molecule has 1 unspecified atom stereocenters. The highest BCUT2D eigenvalue weighted by atomic mass is 32.2. The van der Waals surface area contributed by atoms with E-state index in [0.29, 0.717) is 23.9 Å². The topological polar surface area (TPSA) is 90.9 Å². The Hall–Kier alpha value is -1.08. The van der Waals surface area contributed by atoms with Crippen molar-refractivity contribution in [2.45, 2.75) is 31.5 Å². The van der Waals surface area contributed by atoms with Gasteiger partial charge < -0.3 is 10.4 Å². The summed E-state index contributed by atoms with van der Waals surface area (Å²) in [4.78, 5) is 15.0. The van der Waals surface area contributed by atoms with Gasteiger partial charge in [-0.05, 0) is 19.9 Å². The number of carbonyl (C=O) groups is 1. The van der Waals surface area contributed by atoms with E-state index in [0.717, 1.165) is 5.82 Å². The summed E-state index contributed by atoms with van der Waals surface area (Å²) in [6, 6.07) is -0.488. The fourth-order valence-corrected chi connectivity index (χ4v) is 2.06. The monoisotopic (exact) mass is 244 g/mol. The molecule has 0 fully saturated rings. The number of hydrogen-bond donors (Lipinski definition) is 3. The maximum Gasteiger partial charge on any atom is 0.320 e. The minimum Gasteiger partial charge on any atom is -0.480 e. The van der Waals surface area contributed by atoms with E-state index in [9.17, 15) is 4.79 Å². The molecule has 0 saturated heterocycles. The molecule has 1 aromatic heterocycles. The van der Waals surface area contributed by atoms with Crippen LogP contribution in [0.15, 0.2) is 5.16 Å². The largest absolute Gasteiger partial charge is 0.480 e. The van der Waals surface area contributed by atoms with Crippen LogP contribution in [-0.2, 0) is 4.79 Å². The molecule has 0 aromatic carbocycles. The van der Waals surface area contributed by atoms with Gasteiger partial charge in [-0.3, -0.25) is 9.89 Å². The first kappa shape index (κ1) is 13.0. The van der Waals surface area contributed by atoms with Crippen molar-refractivity contribution in [3.8, 4) is 0 Å². The Morgan fingerprint density at radius 1 is 1.69 bits per heavy atom. The van der Waals surface area contributed by atoms with E-state index in [1.165, 1.54) is 11.8 Å². The summed E-state index contributed by atoms with van der Waals surface area (Å²) in [6.07, 6.45) is 0.557. The van der Waals surface area contributed by atoms with Gasteiger partial charge in [-0.15, -0.1) is 5.10 Å². The van der Waals surface area contributed by atoms with Gasteiger partial charge in [0.05, 0.1) is 0 Å². The number of nitrogens with one attached hydrogen (secondary N) is 2. The van der Waals surface area contributed by atoms with E-state index in [-0.39, 0.29) is 0 Å². The number of aryl methyl sites for hydroxylation is 1. The molecule has 0 saturated carbocycles. The smallest absolute Gasteiger partial charge is 0.320 e. The van der Waals surface area contributed by atoms with Crippen LogP contribution in [0.4, 0.5) is 0 Å². The van der Waals surface area contributed by atoms with E-state index >= 15 is 0 Å². The molecule has 90 valence electrons. The molecule has 0 aliphatic heterocycles. The molecule has 0 aliphatic carbocycles. The van der Waals surface area contributed by atoms with E-state index in [4.69, 9.17) is 5.11 Å². The lowest BCUT2D eigenvalue weighted by atomic mass is 10.2. The molecule has 7 heteroatoms. The zero-order chi connectivity index (χ0) is 12.0. The van der Waals surface area contributed by atoms with Crippen molar-refractivity contribution in [2.24, 2.45) is 0 Å². The Balaban J connectivity index is 2.30. The number of likely N-dealkylation sites (N-methyl/N-ethyl adjacent to an activating group) is 1. The van der Waals surface area contributed by atoms with Gasteiger partial charge in [-0.1, -0.05) is 18.7 Å². The van der Waals surface area contributed by atoms with E-state index < -0.39 is 12.0 Å². The third-order valence-corrected chi connectivity index (χ3v) is 2.84. The molecule has 0 aliphatic rings. The molecule has 0 amide bonds. The van der Waals surface area contributed by atoms with Crippen LogP contribution in [0.2, 0.25) is 0 Å². The average Bonchev–Trinajstić information content (AvgIpc) is 2.63. The predicted octanol–water partition coefficient (Wildman–Crippen LogP) is 0.658. The Morgan fingerprint density at radius 3 is 2.94 bits per heavy atom. The van der Waals surface area contributed by atoms with Crippen LogP contribution in [0.5, 0.6) is 0 Å². The van der Waals surface area contributed by atoms with Gasteiger partial charge in [-0.25, -0.2) is 4.98 Å². The third-order valence-electron chi connectivity index (χ3n) is 1.96. The lowest BCUT2D eigenvalue weighted by Gasteiger charge is -2.11. The Morgan fingerprint density at radius 2 is 2.44 bits per heavy atom. The molecule has 3 N–H and O–H groups in total.